The summed E-state index contributed by atoms with van der Waals surface area (Å²) in [6.45, 7) is 14.6. The molecule has 32 heavy (non-hydrogen) atoms. The molecule has 1 heterocycles. The van der Waals surface area contributed by atoms with Crippen molar-refractivity contribution in [2.45, 2.75) is 105 Å². The molecule has 0 bridgehead atoms. The molecule has 1 saturated heterocycles. The van der Waals surface area contributed by atoms with Gasteiger partial charge >= 0.3 is 5.97 Å². The van der Waals surface area contributed by atoms with Crippen molar-refractivity contribution >= 4 is 17.8 Å². The quantitative estimate of drug-likeness (QED) is 0.468. The molecule has 0 aromatic carbocycles. The number of nitrogens with zero attached hydrogens (tertiary/aromatic N) is 2. The Hall–Kier alpha value is -1.89. The van der Waals surface area contributed by atoms with E-state index in [1.54, 1.807) is 18.0 Å². The van der Waals surface area contributed by atoms with Gasteiger partial charge in [0.2, 0.25) is 11.8 Å². The summed E-state index contributed by atoms with van der Waals surface area (Å²) in [6.07, 6.45) is 6.28. The fourth-order valence-electron chi connectivity index (χ4n) is 4.38. The molecule has 2 N–H and O–H groups in total. The second kappa shape index (κ2) is 13.0. The van der Waals surface area contributed by atoms with E-state index in [0.29, 0.717) is 6.04 Å². The van der Waals surface area contributed by atoms with Crippen LogP contribution in [0.3, 0.4) is 0 Å². The van der Waals surface area contributed by atoms with Crippen molar-refractivity contribution in [1.82, 2.24) is 15.1 Å². The van der Waals surface area contributed by atoms with Gasteiger partial charge in [0.15, 0.2) is 0 Å². The largest absolute Gasteiger partial charge is 0.478 e. The summed E-state index contributed by atoms with van der Waals surface area (Å²) in [5.74, 6) is -1.24. The van der Waals surface area contributed by atoms with E-state index >= 15 is 0 Å². The standard InChI is InChI=1S/C25H45N3O4/c1-9-17(5)22(24(30)27(8)21(16(3)4)15-18(6)25(31)32)26-23(29)20-13-11-12-14-28(20)19(7)10-2/h15-17,19-22H,9-14H2,1-8H3,(H,26,29)(H,31,32)/b18-15+/t17-,19?,20?,21-,22-/m1/s1. The SMILES string of the molecule is CCC(C)N1CCCCC1C(=O)N[C@@H](C(=O)N(C)[C@H](/C=C(\C)C(=O)O)C(C)C)[C@H](C)CC. The molecule has 2 unspecified atom stereocenters. The number of nitrogens with one attached hydrogen (secondary N) is 1. The molecule has 1 rings (SSSR count). The number of likely N-dealkylation sites (tertiary alicyclic amines) is 1. The molecule has 1 aliphatic rings. The van der Waals surface area contributed by atoms with Gasteiger partial charge in [0, 0.05) is 18.7 Å². The molecular weight excluding hydrogens is 406 g/mol. The monoisotopic (exact) mass is 451 g/mol. The van der Waals surface area contributed by atoms with E-state index in [9.17, 15) is 19.5 Å². The summed E-state index contributed by atoms with van der Waals surface area (Å²) in [5.41, 5.74) is 0.207. The maximum absolute atomic E-state index is 13.6. The lowest BCUT2D eigenvalue weighted by atomic mass is 9.93. The van der Waals surface area contributed by atoms with Crippen LogP contribution in [0, 0.1) is 11.8 Å². The third-order valence-electron chi connectivity index (χ3n) is 7.02. The number of amides is 2. The van der Waals surface area contributed by atoms with Gasteiger partial charge in [0.05, 0.1) is 12.1 Å². The Morgan fingerprint density at radius 2 is 1.75 bits per heavy atom. The molecule has 5 atom stereocenters. The summed E-state index contributed by atoms with van der Waals surface area (Å²) >= 11 is 0. The summed E-state index contributed by atoms with van der Waals surface area (Å²) < 4.78 is 0. The van der Waals surface area contributed by atoms with Gasteiger partial charge in [-0.3, -0.25) is 14.5 Å². The predicted molar refractivity (Wildman–Crippen MR) is 128 cm³/mol. The van der Waals surface area contributed by atoms with Crippen LogP contribution in [0.4, 0.5) is 0 Å². The number of carbonyl (C=O) groups excluding carboxylic acids is 2. The predicted octanol–water partition coefficient (Wildman–Crippen LogP) is 3.68. The van der Waals surface area contributed by atoms with Crippen molar-refractivity contribution < 1.29 is 19.5 Å². The minimum Gasteiger partial charge on any atom is -0.478 e. The van der Waals surface area contributed by atoms with Crippen molar-refractivity contribution in [3.63, 3.8) is 0 Å². The maximum Gasteiger partial charge on any atom is 0.331 e. The van der Waals surface area contributed by atoms with Gasteiger partial charge < -0.3 is 15.3 Å². The number of hydrogen-bond donors (Lipinski definition) is 2. The fraction of sp³-hybridized carbons (Fsp3) is 0.800. The van der Waals surface area contributed by atoms with Crippen LogP contribution in [0.5, 0.6) is 0 Å². The van der Waals surface area contributed by atoms with Gasteiger partial charge in [-0.15, -0.1) is 0 Å². The number of carboxylic acid groups (broad SMARTS) is 1. The molecule has 0 saturated carbocycles. The van der Waals surface area contributed by atoms with E-state index in [0.717, 1.165) is 38.6 Å². The molecule has 0 aromatic heterocycles. The lowest BCUT2D eigenvalue weighted by Crippen LogP contribution is -2.59. The summed E-state index contributed by atoms with van der Waals surface area (Å²) in [6, 6.07) is -0.898. The number of rotatable bonds is 11. The number of aliphatic carboxylic acids is 1. The van der Waals surface area contributed by atoms with Crippen molar-refractivity contribution in [2.75, 3.05) is 13.6 Å². The Morgan fingerprint density at radius 3 is 2.25 bits per heavy atom. The van der Waals surface area contributed by atoms with E-state index in [1.807, 2.05) is 27.7 Å². The van der Waals surface area contributed by atoms with Crippen molar-refractivity contribution in [2.24, 2.45) is 11.8 Å². The Bertz CT molecular complexity index is 676. The van der Waals surface area contributed by atoms with Crippen LogP contribution < -0.4 is 5.32 Å². The number of likely N-dealkylation sites (N-methyl/N-ethyl adjacent to an activating group) is 1. The van der Waals surface area contributed by atoms with Crippen LogP contribution in [-0.4, -0.2) is 70.4 Å². The van der Waals surface area contributed by atoms with Crippen LogP contribution >= 0.6 is 0 Å². The highest BCUT2D eigenvalue weighted by Gasteiger charge is 2.36. The summed E-state index contributed by atoms with van der Waals surface area (Å²) in [5, 5.41) is 12.4. The summed E-state index contributed by atoms with van der Waals surface area (Å²) in [7, 11) is 1.70. The molecule has 2 amide bonds. The molecule has 0 spiro atoms. The van der Waals surface area contributed by atoms with Crippen LogP contribution in [0.25, 0.3) is 0 Å². The number of carbonyl (C=O) groups is 3. The Morgan fingerprint density at radius 1 is 1.12 bits per heavy atom. The van der Waals surface area contributed by atoms with E-state index in [4.69, 9.17) is 0 Å². The van der Waals surface area contributed by atoms with Crippen LogP contribution in [0.15, 0.2) is 11.6 Å². The van der Waals surface area contributed by atoms with Crippen molar-refractivity contribution in [1.29, 1.82) is 0 Å². The van der Waals surface area contributed by atoms with Crippen molar-refractivity contribution in [3.05, 3.63) is 11.6 Å². The summed E-state index contributed by atoms with van der Waals surface area (Å²) in [4.78, 5) is 42.1. The molecule has 7 heteroatoms. The Kier molecular flexibility index (Phi) is 11.4. The topological polar surface area (TPSA) is 90.0 Å². The zero-order chi connectivity index (χ0) is 24.6. The lowest BCUT2D eigenvalue weighted by Gasteiger charge is -2.40. The first kappa shape index (κ1) is 28.1. The molecule has 0 aromatic rings. The second-order valence-electron chi connectivity index (χ2n) is 9.72. The maximum atomic E-state index is 13.6. The molecule has 184 valence electrons. The first-order valence-electron chi connectivity index (χ1n) is 12.2. The minimum absolute atomic E-state index is 0.0331. The fourth-order valence-corrected chi connectivity index (χ4v) is 4.38. The van der Waals surface area contributed by atoms with Gasteiger partial charge in [0.25, 0.3) is 0 Å². The van der Waals surface area contributed by atoms with Gasteiger partial charge in [-0.1, -0.05) is 53.5 Å². The number of carboxylic acids is 1. The van der Waals surface area contributed by atoms with Crippen molar-refractivity contribution in [3.8, 4) is 0 Å². The zero-order valence-electron chi connectivity index (χ0n) is 21.4. The number of hydrogen-bond acceptors (Lipinski definition) is 4. The molecule has 7 nitrogen and oxygen atoms in total. The molecule has 0 radical (unpaired) electrons. The third-order valence-corrected chi connectivity index (χ3v) is 7.02. The average Bonchev–Trinajstić information content (AvgIpc) is 2.78. The molecule has 1 fully saturated rings. The van der Waals surface area contributed by atoms with Gasteiger partial charge in [-0.05, 0) is 51.5 Å². The van der Waals surface area contributed by atoms with Crippen LogP contribution in [-0.2, 0) is 14.4 Å². The molecule has 0 aliphatic carbocycles. The smallest absolute Gasteiger partial charge is 0.331 e. The zero-order valence-corrected chi connectivity index (χ0v) is 21.4. The average molecular weight is 452 g/mol. The first-order valence-corrected chi connectivity index (χ1v) is 12.2. The highest BCUT2D eigenvalue weighted by molar-refractivity contribution is 5.90. The lowest BCUT2D eigenvalue weighted by molar-refractivity contribution is -0.140. The second-order valence-corrected chi connectivity index (χ2v) is 9.72. The van der Waals surface area contributed by atoms with Gasteiger partial charge in [0.1, 0.15) is 6.04 Å². The van der Waals surface area contributed by atoms with Gasteiger partial charge in [-0.25, -0.2) is 4.79 Å². The molecule has 1 aliphatic heterocycles. The third kappa shape index (κ3) is 7.32. The highest BCUT2D eigenvalue weighted by atomic mass is 16.4. The van der Waals surface area contributed by atoms with E-state index in [-0.39, 0.29) is 41.3 Å². The molecular formula is C25H45N3O4. The highest BCUT2D eigenvalue weighted by Crippen LogP contribution is 2.23. The van der Waals surface area contributed by atoms with E-state index in [2.05, 4.69) is 24.1 Å². The minimum atomic E-state index is -0.995. The number of piperidine rings is 1. The van der Waals surface area contributed by atoms with Crippen LogP contribution in [0.1, 0.15) is 80.6 Å². The Labute approximate surface area is 194 Å². The van der Waals surface area contributed by atoms with E-state index in [1.165, 1.54) is 6.92 Å². The first-order chi connectivity index (χ1) is 15.0. The Balaban J connectivity index is 3.13. The normalized spacial score (nSPS) is 21.5. The van der Waals surface area contributed by atoms with Gasteiger partial charge in [-0.2, -0.15) is 0 Å². The van der Waals surface area contributed by atoms with E-state index < -0.39 is 12.0 Å². The van der Waals surface area contributed by atoms with Crippen LogP contribution in [0.2, 0.25) is 0 Å².